The number of fused-ring (bicyclic) bond motifs is 1. The number of rotatable bonds is 3. The van der Waals surface area contributed by atoms with E-state index >= 15 is 0 Å². The largest absolute Gasteiger partial charge is 0.392 e. The van der Waals surface area contributed by atoms with Gasteiger partial charge in [0.25, 0.3) is 11.5 Å². The first-order valence-electron chi connectivity index (χ1n) is 6.99. The van der Waals surface area contributed by atoms with Gasteiger partial charge in [-0.25, -0.2) is 4.98 Å². The maximum absolute atomic E-state index is 12.5. The Hall–Kier alpha value is -2.51. The van der Waals surface area contributed by atoms with Crippen LogP contribution in [-0.2, 0) is 6.61 Å². The lowest BCUT2D eigenvalue weighted by atomic mass is 10.1. The van der Waals surface area contributed by atoms with E-state index in [4.69, 9.17) is 0 Å². The zero-order chi connectivity index (χ0) is 16.6. The van der Waals surface area contributed by atoms with E-state index in [1.807, 2.05) is 12.3 Å². The van der Waals surface area contributed by atoms with Crippen LogP contribution >= 0.6 is 11.3 Å². The highest BCUT2D eigenvalue weighted by Gasteiger charge is 2.16. The Bertz CT molecular complexity index is 959. The molecule has 7 heteroatoms. The molecule has 0 spiro atoms. The number of nitrogens with one attached hydrogen (secondary N) is 1. The summed E-state index contributed by atoms with van der Waals surface area (Å²) in [6.07, 6.45) is 1.30. The van der Waals surface area contributed by atoms with Crippen LogP contribution in [0.25, 0.3) is 4.96 Å². The number of thiazole rings is 1. The zero-order valence-electron chi connectivity index (χ0n) is 12.7. The van der Waals surface area contributed by atoms with Crippen molar-refractivity contribution in [3.63, 3.8) is 0 Å². The third-order valence-corrected chi connectivity index (χ3v) is 4.55. The maximum Gasteiger partial charge on any atom is 0.271 e. The Morgan fingerprint density at radius 3 is 2.91 bits per heavy atom. The summed E-state index contributed by atoms with van der Waals surface area (Å²) in [6, 6.07) is 5.27. The minimum Gasteiger partial charge on any atom is -0.392 e. The van der Waals surface area contributed by atoms with Gasteiger partial charge in [-0.1, -0.05) is 12.1 Å². The minimum atomic E-state index is -0.513. The summed E-state index contributed by atoms with van der Waals surface area (Å²) in [5.41, 5.74) is 2.44. The summed E-state index contributed by atoms with van der Waals surface area (Å²) in [5.74, 6) is -0.513. The van der Waals surface area contributed by atoms with Crippen LogP contribution < -0.4 is 10.9 Å². The molecule has 3 rings (SSSR count). The van der Waals surface area contributed by atoms with Gasteiger partial charge in [0, 0.05) is 23.0 Å². The zero-order valence-corrected chi connectivity index (χ0v) is 13.5. The van der Waals surface area contributed by atoms with E-state index in [-0.39, 0.29) is 17.7 Å². The second-order valence-corrected chi connectivity index (χ2v) is 6.07. The number of aliphatic hydroxyl groups is 1. The van der Waals surface area contributed by atoms with Crippen LogP contribution in [-0.4, -0.2) is 20.4 Å². The van der Waals surface area contributed by atoms with E-state index in [0.717, 1.165) is 11.3 Å². The van der Waals surface area contributed by atoms with Gasteiger partial charge in [0.2, 0.25) is 0 Å². The fraction of sp³-hybridized carbons (Fsp3) is 0.188. The second kappa shape index (κ2) is 5.94. The normalized spacial score (nSPS) is 10.9. The van der Waals surface area contributed by atoms with Crippen molar-refractivity contribution < 1.29 is 9.90 Å². The van der Waals surface area contributed by atoms with Crippen molar-refractivity contribution in [2.45, 2.75) is 20.5 Å². The summed E-state index contributed by atoms with van der Waals surface area (Å²) in [4.78, 5) is 29.6. The molecular weight excluding hydrogens is 314 g/mol. The molecule has 0 radical (unpaired) electrons. The van der Waals surface area contributed by atoms with Crippen molar-refractivity contribution >= 4 is 27.9 Å². The number of aryl methyl sites for hydroxylation is 2. The lowest BCUT2D eigenvalue weighted by Gasteiger charge is -2.09. The average molecular weight is 329 g/mol. The lowest BCUT2D eigenvalue weighted by Crippen LogP contribution is -2.26. The fourth-order valence-electron chi connectivity index (χ4n) is 2.27. The molecule has 0 aliphatic rings. The minimum absolute atomic E-state index is 0.0159. The van der Waals surface area contributed by atoms with Gasteiger partial charge in [-0.2, -0.15) is 0 Å². The van der Waals surface area contributed by atoms with Gasteiger partial charge in [0.05, 0.1) is 6.61 Å². The number of benzene rings is 1. The number of aliphatic hydroxyl groups excluding tert-OH is 1. The Labute approximate surface area is 136 Å². The molecular formula is C16H15N3O3S. The molecule has 0 fully saturated rings. The van der Waals surface area contributed by atoms with E-state index in [2.05, 4.69) is 10.3 Å². The number of hydrogen-bond donors (Lipinski definition) is 2. The smallest absolute Gasteiger partial charge is 0.271 e. The summed E-state index contributed by atoms with van der Waals surface area (Å²) >= 11 is 1.35. The molecule has 2 N–H and O–H groups in total. The van der Waals surface area contributed by atoms with Crippen LogP contribution in [0.15, 0.2) is 34.6 Å². The van der Waals surface area contributed by atoms with Crippen molar-refractivity contribution in [2.24, 2.45) is 0 Å². The Morgan fingerprint density at radius 2 is 2.17 bits per heavy atom. The quantitative estimate of drug-likeness (QED) is 0.771. The monoisotopic (exact) mass is 329 g/mol. The molecule has 2 heterocycles. The molecule has 0 atom stereocenters. The van der Waals surface area contributed by atoms with Crippen molar-refractivity contribution in [1.29, 1.82) is 0 Å². The van der Waals surface area contributed by atoms with Crippen LogP contribution in [0.4, 0.5) is 5.69 Å². The maximum atomic E-state index is 12.5. The molecule has 118 valence electrons. The van der Waals surface area contributed by atoms with E-state index in [1.165, 1.54) is 21.9 Å². The van der Waals surface area contributed by atoms with Crippen molar-refractivity contribution in [3.05, 3.63) is 62.5 Å². The third kappa shape index (κ3) is 2.76. The van der Waals surface area contributed by atoms with Crippen LogP contribution in [0.5, 0.6) is 0 Å². The molecule has 1 amide bonds. The van der Waals surface area contributed by atoms with Gasteiger partial charge in [-0.05, 0) is 31.0 Å². The van der Waals surface area contributed by atoms with E-state index in [0.29, 0.717) is 16.2 Å². The van der Waals surface area contributed by atoms with Crippen molar-refractivity contribution in [1.82, 2.24) is 9.38 Å². The van der Waals surface area contributed by atoms with Crippen LogP contribution in [0.3, 0.4) is 0 Å². The van der Waals surface area contributed by atoms with Gasteiger partial charge in [-0.3, -0.25) is 14.0 Å². The van der Waals surface area contributed by atoms with Crippen LogP contribution in [0, 0.1) is 13.8 Å². The Balaban J connectivity index is 2.00. The SMILES string of the molecule is Cc1ccc(CO)cc1NC(=O)c1cnc2scc(C)n2c1=O. The number of amides is 1. The first-order chi connectivity index (χ1) is 11.0. The molecule has 0 saturated carbocycles. The Kier molecular flexibility index (Phi) is 3.97. The summed E-state index contributed by atoms with van der Waals surface area (Å²) < 4.78 is 1.43. The number of aromatic nitrogens is 2. The average Bonchev–Trinajstić information content (AvgIpc) is 2.92. The molecule has 0 bridgehead atoms. The molecule has 0 unspecified atom stereocenters. The molecule has 23 heavy (non-hydrogen) atoms. The second-order valence-electron chi connectivity index (χ2n) is 5.23. The van der Waals surface area contributed by atoms with Crippen molar-refractivity contribution in [2.75, 3.05) is 5.32 Å². The van der Waals surface area contributed by atoms with Crippen LogP contribution in [0.1, 0.15) is 27.2 Å². The predicted molar refractivity (Wildman–Crippen MR) is 89.1 cm³/mol. The summed E-state index contributed by atoms with van der Waals surface area (Å²) in [5, 5.41) is 13.7. The van der Waals surface area contributed by atoms with Crippen LogP contribution in [0.2, 0.25) is 0 Å². The predicted octanol–water partition coefficient (Wildman–Crippen LogP) is 2.12. The summed E-state index contributed by atoms with van der Waals surface area (Å²) in [7, 11) is 0. The van der Waals surface area contributed by atoms with Crippen molar-refractivity contribution in [3.8, 4) is 0 Å². The third-order valence-electron chi connectivity index (χ3n) is 3.59. The topological polar surface area (TPSA) is 83.7 Å². The van der Waals surface area contributed by atoms with Gasteiger partial charge in [-0.15, -0.1) is 11.3 Å². The molecule has 0 aliphatic heterocycles. The molecule has 3 aromatic rings. The van der Waals surface area contributed by atoms with E-state index < -0.39 is 5.91 Å². The Morgan fingerprint density at radius 1 is 1.39 bits per heavy atom. The van der Waals surface area contributed by atoms with E-state index in [9.17, 15) is 14.7 Å². The number of carbonyl (C=O) groups excluding carboxylic acids is 1. The van der Waals surface area contributed by atoms with E-state index in [1.54, 1.807) is 25.1 Å². The first-order valence-corrected chi connectivity index (χ1v) is 7.87. The van der Waals surface area contributed by atoms with Gasteiger partial charge in [0.15, 0.2) is 4.96 Å². The highest BCUT2D eigenvalue weighted by Crippen LogP contribution is 2.18. The first kappa shape index (κ1) is 15.4. The van der Waals surface area contributed by atoms with Gasteiger partial charge in [0.1, 0.15) is 5.56 Å². The molecule has 0 saturated heterocycles. The highest BCUT2D eigenvalue weighted by atomic mass is 32.1. The molecule has 0 aliphatic carbocycles. The molecule has 6 nitrogen and oxygen atoms in total. The lowest BCUT2D eigenvalue weighted by molar-refractivity contribution is 0.102. The summed E-state index contributed by atoms with van der Waals surface area (Å²) in [6.45, 7) is 3.52. The number of carbonyl (C=O) groups is 1. The van der Waals surface area contributed by atoms with Gasteiger partial charge < -0.3 is 10.4 Å². The highest BCUT2D eigenvalue weighted by molar-refractivity contribution is 7.15. The van der Waals surface area contributed by atoms with Gasteiger partial charge >= 0.3 is 0 Å². The number of anilines is 1. The fourth-order valence-corrected chi connectivity index (χ4v) is 3.10. The standard InChI is InChI=1S/C16H15N3O3S/c1-9-3-4-11(7-20)5-13(9)18-14(21)12-6-17-16-19(15(12)22)10(2)8-23-16/h3-6,8,20H,7H2,1-2H3,(H,18,21). The molecule has 2 aromatic heterocycles. The number of hydrogen-bond acceptors (Lipinski definition) is 5. The molecule has 1 aromatic carbocycles. The number of nitrogens with zero attached hydrogens (tertiary/aromatic N) is 2.